The van der Waals surface area contributed by atoms with E-state index in [2.05, 4.69) is 45.3 Å². The Morgan fingerprint density at radius 3 is 0.841 bits per heavy atom. The molecule has 6 aliphatic rings. The third-order valence-electron chi connectivity index (χ3n) is 26.3. The van der Waals surface area contributed by atoms with Crippen molar-refractivity contribution < 1.29 is 62.3 Å². The standard InChI is InChI=1S/C20H28N2O3.2C19H27NO2.C18H33NO2.C16H29NO2.C15H26O2/c1-15(2)20(25)18-8-5-4-7-17(18)19(24)9-6-10-21-11-13-22(14-12-21)16(3)23;2*1-15(2)19(22)17-10-5-4-9-16(17)18(21)11-8-14-20-12-6-3-7-13-20;1-5-19(6-2)13-9-12-17(20)15-10-7-8-11-16(15)18(21)14(3)4;1-12(2)16(19)14-9-6-5-8-13(14)15(18)10-7-11-17(3)4;1-4-5-10-14(16)12-8-6-7-9-13(12)15(17)11(2)3/h4-5,7-8,15H,6,9-14H2,1-3H3;2*4-5,9-10,15H,3,6-8,11-14H2,1-2H3;14-16H,5-13H2,1-4H3;12-14H,5-11H2,1-4H3;11-13H,4-10H2,1-3H3/t;;;15-,16+;13-,14+;12-,13+/m...111/s1. The van der Waals surface area contributed by atoms with Gasteiger partial charge in [-0.1, -0.05) is 234 Å². The fourth-order valence-electron chi connectivity index (χ4n) is 18.6. The molecule has 3 aliphatic carbocycles. The third-order valence-corrected chi connectivity index (χ3v) is 26.3. The minimum Gasteiger partial charge on any atom is -0.340 e. The Bertz CT molecular complexity index is 3720. The van der Waals surface area contributed by atoms with E-state index >= 15 is 0 Å². The van der Waals surface area contributed by atoms with Crippen molar-refractivity contribution in [3.8, 4) is 0 Å². The molecule has 126 heavy (non-hydrogen) atoms. The number of piperidine rings is 2. The number of Topliss-reactive ketones (excluding diaryl/α,β-unsaturated/α-hetero) is 12. The van der Waals surface area contributed by atoms with Crippen LogP contribution in [0.1, 0.15) is 372 Å². The van der Waals surface area contributed by atoms with Gasteiger partial charge in [-0.05, 0) is 189 Å². The maximum absolute atomic E-state index is 12.6. The van der Waals surface area contributed by atoms with E-state index < -0.39 is 0 Å². The number of rotatable bonds is 43. The van der Waals surface area contributed by atoms with Crippen LogP contribution in [0.25, 0.3) is 0 Å². The molecule has 9 rings (SSSR count). The lowest BCUT2D eigenvalue weighted by Crippen LogP contribution is -2.48. The summed E-state index contributed by atoms with van der Waals surface area (Å²) in [6.45, 7) is 45.7. The number of unbranched alkanes of at least 4 members (excludes halogenated alkanes) is 1. The summed E-state index contributed by atoms with van der Waals surface area (Å²) in [6.07, 6.45) is 29.8. The molecule has 3 aromatic carbocycles. The first kappa shape index (κ1) is 111. The second kappa shape index (κ2) is 61.5. The van der Waals surface area contributed by atoms with Crippen LogP contribution in [0.4, 0.5) is 0 Å². The minimum atomic E-state index is -0.119. The van der Waals surface area contributed by atoms with Crippen molar-refractivity contribution in [2.45, 2.75) is 310 Å². The highest BCUT2D eigenvalue weighted by molar-refractivity contribution is 6.11. The van der Waals surface area contributed by atoms with E-state index in [1.165, 1.54) is 38.5 Å². The third kappa shape index (κ3) is 39.7. The van der Waals surface area contributed by atoms with Gasteiger partial charge in [0, 0.05) is 176 Å². The zero-order valence-electron chi connectivity index (χ0n) is 81.9. The lowest BCUT2D eigenvalue weighted by atomic mass is 9.72. The molecule has 3 heterocycles. The van der Waals surface area contributed by atoms with E-state index in [0.717, 1.165) is 220 Å². The zero-order valence-corrected chi connectivity index (χ0v) is 81.9. The number of hydrogen-bond donors (Lipinski definition) is 0. The normalized spacial score (nSPS) is 19.4. The van der Waals surface area contributed by atoms with E-state index in [9.17, 15) is 62.3 Å². The van der Waals surface area contributed by atoms with Gasteiger partial charge in [-0.25, -0.2) is 0 Å². The summed E-state index contributed by atoms with van der Waals surface area (Å²) in [5.74, 6) is 2.35. The van der Waals surface area contributed by atoms with Gasteiger partial charge in [-0.2, -0.15) is 0 Å². The van der Waals surface area contributed by atoms with Crippen molar-refractivity contribution in [1.29, 1.82) is 0 Å². The van der Waals surface area contributed by atoms with Gasteiger partial charge in [0.2, 0.25) is 5.91 Å². The number of ketones is 12. The summed E-state index contributed by atoms with van der Waals surface area (Å²) in [4.78, 5) is 173. The molecule has 3 aliphatic heterocycles. The summed E-state index contributed by atoms with van der Waals surface area (Å²) in [5, 5.41) is 0. The maximum atomic E-state index is 12.6. The average Bonchev–Trinajstić information content (AvgIpc) is 0.858. The predicted molar refractivity (Wildman–Crippen MR) is 512 cm³/mol. The van der Waals surface area contributed by atoms with Crippen LogP contribution in [0.2, 0.25) is 0 Å². The second-order valence-electron chi connectivity index (χ2n) is 38.6. The van der Waals surface area contributed by atoms with E-state index in [0.29, 0.717) is 107 Å². The molecule has 19 heteroatoms. The number of piperazine rings is 1. The molecular weight excluding hydrogens is 1580 g/mol. The summed E-state index contributed by atoms with van der Waals surface area (Å²) in [7, 11) is 4.05. The number of hydrogen-bond acceptors (Lipinski definition) is 18. The van der Waals surface area contributed by atoms with Crippen molar-refractivity contribution in [2.24, 2.45) is 71.0 Å². The van der Waals surface area contributed by atoms with Crippen molar-refractivity contribution in [3.63, 3.8) is 0 Å². The fraction of sp³-hybridized carbons (Fsp3) is 0.710. The molecule has 0 radical (unpaired) electrons. The van der Waals surface area contributed by atoms with E-state index in [4.69, 9.17) is 0 Å². The molecule has 6 atom stereocenters. The highest BCUT2D eigenvalue weighted by Crippen LogP contribution is 2.37. The maximum Gasteiger partial charge on any atom is 0.219 e. The van der Waals surface area contributed by atoms with Gasteiger partial charge < -0.3 is 24.5 Å². The van der Waals surface area contributed by atoms with Gasteiger partial charge in [-0.3, -0.25) is 67.2 Å². The monoisotopic (exact) mass is 1750 g/mol. The summed E-state index contributed by atoms with van der Waals surface area (Å²) >= 11 is 0. The lowest BCUT2D eigenvalue weighted by molar-refractivity contribution is -0.136. The Labute approximate surface area is 762 Å². The first-order chi connectivity index (χ1) is 60.1. The Kier molecular flexibility index (Phi) is 54.3. The molecule has 0 spiro atoms. The van der Waals surface area contributed by atoms with Crippen molar-refractivity contribution in [3.05, 3.63) is 106 Å². The first-order valence-corrected chi connectivity index (χ1v) is 49.6. The van der Waals surface area contributed by atoms with Gasteiger partial charge in [0.15, 0.2) is 34.7 Å². The average molecular weight is 1750 g/mol. The molecule has 706 valence electrons. The Morgan fingerprint density at radius 1 is 0.310 bits per heavy atom. The number of nitrogens with zero attached hydrogens (tertiary/aromatic N) is 6. The zero-order chi connectivity index (χ0) is 93.4. The predicted octanol–water partition coefficient (Wildman–Crippen LogP) is 21.0. The van der Waals surface area contributed by atoms with Gasteiger partial charge >= 0.3 is 0 Å². The Hall–Kier alpha value is -7.03. The minimum absolute atomic E-state index is 0.000275. The summed E-state index contributed by atoms with van der Waals surface area (Å²) in [5.41, 5.74) is 3.45. The van der Waals surface area contributed by atoms with Gasteiger partial charge in [0.05, 0.1) is 0 Å². The lowest BCUT2D eigenvalue weighted by Gasteiger charge is -2.34. The molecule has 3 saturated heterocycles. The number of carbonyl (C=O) groups excluding carboxylic acids is 13. The molecule has 1 amide bonds. The molecule has 0 N–H and O–H groups in total. The topological polar surface area (TPSA) is 241 Å². The van der Waals surface area contributed by atoms with Crippen LogP contribution < -0.4 is 0 Å². The van der Waals surface area contributed by atoms with E-state index in [1.807, 2.05) is 132 Å². The molecule has 0 bridgehead atoms. The number of carbonyl (C=O) groups is 13. The van der Waals surface area contributed by atoms with E-state index in [-0.39, 0.29) is 112 Å². The molecule has 0 unspecified atom stereocenters. The van der Waals surface area contributed by atoms with Crippen LogP contribution in [-0.4, -0.2) is 217 Å². The van der Waals surface area contributed by atoms with Gasteiger partial charge in [0.25, 0.3) is 0 Å². The number of likely N-dealkylation sites (tertiary alicyclic amines) is 2. The number of benzene rings is 3. The highest BCUT2D eigenvalue weighted by atomic mass is 16.2. The first-order valence-electron chi connectivity index (χ1n) is 49.6. The smallest absolute Gasteiger partial charge is 0.219 e. The second-order valence-corrected chi connectivity index (χ2v) is 38.6. The Morgan fingerprint density at radius 2 is 0.579 bits per heavy atom. The van der Waals surface area contributed by atoms with Crippen LogP contribution in [0.5, 0.6) is 0 Å². The van der Waals surface area contributed by atoms with Crippen molar-refractivity contribution in [2.75, 3.05) is 112 Å². The molecular formula is C107H170N6O13. The van der Waals surface area contributed by atoms with Crippen molar-refractivity contribution >= 4 is 75.3 Å². The van der Waals surface area contributed by atoms with Crippen LogP contribution in [0.15, 0.2) is 72.8 Å². The van der Waals surface area contributed by atoms with Gasteiger partial charge in [0.1, 0.15) is 34.7 Å². The van der Waals surface area contributed by atoms with E-state index in [1.54, 1.807) is 49.4 Å². The summed E-state index contributed by atoms with van der Waals surface area (Å²) in [6, 6.07) is 21.6. The molecule has 0 aromatic heterocycles. The largest absolute Gasteiger partial charge is 0.340 e. The van der Waals surface area contributed by atoms with Crippen LogP contribution >= 0.6 is 0 Å². The summed E-state index contributed by atoms with van der Waals surface area (Å²) < 4.78 is 0. The van der Waals surface area contributed by atoms with Crippen molar-refractivity contribution in [1.82, 2.24) is 29.4 Å². The van der Waals surface area contributed by atoms with Gasteiger partial charge in [-0.15, -0.1) is 0 Å². The molecule has 3 aromatic rings. The Balaban J connectivity index is 0.000000318. The SMILES string of the molecule is CC(=O)N1CCN(CCCC(=O)c2ccccc2C(=O)C(C)C)CC1.CC(C)C(=O)[C@H]1CCCC[C@H]1C(=O)CCCN(C)C.CC(C)C(=O)c1ccccc1C(=O)CCCN1CCCCC1.CC(C)C(=O)c1ccccc1C(=O)CCCN1CCCCC1.CCCCC(=O)[C@@H]1CCCC[C@@H]1C(=O)C(C)C.CCN(CC)CCCC(=O)[C@@H]1CCCC[C@@H]1C(=O)C(C)C. The highest BCUT2D eigenvalue weighted by Gasteiger charge is 2.39. The molecule has 19 nitrogen and oxygen atoms in total. The fourth-order valence-corrected chi connectivity index (χ4v) is 18.6. The molecule has 3 saturated carbocycles. The van der Waals surface area contributed by atoms with Crippen LogP contribution in [0, 0.1) is 71.0 Å². The van der Waals surface area contributed by atoms with Crippen LogP contribution in [-0.2, 0) is 33.6 Å². The molecule has 6 fully saturated rings. The quantitative estimate of drug-likeness (QED) is 0.0478. The number of amides is 1. The van der Waals surface area contributed by atoms with Crippen LogP contribution in [0.3, 0.4) is 0 Å².